The predicted molar refractivity (Wildman–Crippen MR) is 114 cm³/mol. The number of methoxy groups -OCH3 is 2. The van der Waals surface area contributed by atoms with Crippen LogP contribution in [0, 0.1) is 12.3 Å². The van der Waals surface area contributed by atoms with Crippen LogP contribution in [0.3, 0.4) is 0 Å². The highest BCUT2D eigenvalue weighted by Crippen LogP contribution is 2.30. The van der Waals surface area contributed by atoms with Crippen molar-refractivity contribution < 1.29 is 19.0 Å². The zero-order valence-corrected chi connectivity index (χ0v) is 17.2. The van der Waals surface area contributed by atoms with Gasteiger partial charge in [-0.25, -0.2) is 4.68 Å². The fourth-order valence-corrected chi connectivity index (χ4v) is 2.97. The maximum atomic E-state index is 13.0. The Morgan fingerprint density at radius 2 is 1.90 bits per heavy atom. The molecule has 0 aliphatic rings. The summed E-state index contributed by atoms with van der Waals surface area (Å²) >= 11 is 5.95. The van der Waals surface area contributed by atoms with Gasteiger partial charge >= 0.3 is 0 Å². The van der Waals surface area contributed by atoms with Gasteiger partial charge in [-0.1, -0.05) is 29.7 Å². The molecule has 1 unspecified atom stereocenters. The van der Waals surface area contributed by atoms with E-state index in [2.05, 4.69) is 16.3 Å². The Balaban J connectivity index is 1.87. The monoisotopic (exact) mass is 425 g/mol. The molecule has 0 bridgehead atoms. The first-order chi connectivity index (χ1) is 14.6. The average molecular weight is 426 g/mol. The third kappa shape index (κ3) is 4.74. The van der Waals surface area contributed by atoms with Gasteiger partial charge in [0.2, 0.25) is 0 Å². The molecule has 0 fully saturated rings. The largest absolute Gasteiger partial charge is 0.493 e. The van der Waals surface area contributed by atoms with Gasteiger partial charge in [0, 0.05) is 17.2 Å². The van der Waals surface area contributed by atoms with Crippen molar-refractivity contribution in [2.75, 3.05) is 26.1 Å². The Morgan fingerprint density at radius 1 is 1.17 bits per heavy atom. The molecule has 1 atom stereocenters. The number of anilines is 1. The van der Waals surface area contributed by atoms with Gasteiger partial charge in [-0.15, -0.1) is 6.42 Å². The van der Waals surface area contributed by atoms with Crippen molar-refractivity contribution in [3.05, 3.63) is 65.3 Å². The minimum absolute atomic E-state index is 0.0182. The number of amides is 1. The van der Waals surface area contributed by atoms with Crippen LogP contribution >= 0.6 is 11.6 Å². The molecule has 0 aliphatic heterocycles. The number of carbonyl (C=O) groups excluding carboxylic acids is 1. The predicted octanol–water partition coefficient (Wildman–Crippen LogP) is 3.87. The number of nitrogens with zero attached hydrogens (tertiary/aromatic N) is 2. The average Bonchev–Trinajstić information content (AvgIpc) is 3.22. The lowest BCUT2D eigenvalue weighted by Gasteiger charge is -2.18. The maximum absolute atomic E-state index is 13.0. The number of hydrogen-bond donors (Lipinski definition) is 1. The van der Waals surface area contributed by atoms with Gasteiger partial charge in [-0.05, 0) is 29.8 Å². The first-order valence-electron chi connectivity index (χ1n) is 8.95. The number of carbonyl (C=O) groups is 1. The van der Waals surface area contributed by atoms with Crippen LogP contribution in [0.5, 0.6) is 11.5 Å². The number of benzene rings is 2. The van der Waals surface area contributed by atoms with Crippen molar-refractivity contribution in [3.63, 3.8) is 0 Å². The molecule has 0 spiro atoms. The highest BCUT2D eigenvalue weighted by atomic mass is 35.5. The third-order valence-electron chi connectivity index (χ3n) is 4.25. The molecule has 2 aromatic carbocycles. The summed E-state index contributed by atoms with van der Waals surface area (Å²) in [7, 11) is 3.11. The number of terminal acetylenes is 1. The molecule has 0 saturated carbocycles. The first kappa shape index (κ1) is 21.2. The van der Waals surface area contributed by atoms with Crippen LogP contribution in [0.2, 0.25) is 5.02 Å². The molecule has 0 radical (unpaired) electrons. The van der Waals surface area contributed by atoms with Crippen LogP contribution in [-0.2, 0) is 9.53 Å². The van der Waals surface area contributed by atoms with Crippen molar-refractivity contribution in [1.82, 2.24) is 9.78 Å². The summed E-state index contributed by atoms with van der Waals surface area (Å²) < 4.78 is 17.8. The van der Waals surface area contributed by atoms with Crippen LogP contribution in [0.1, 0.15) is 11.7 Å². The number of nitrogens with one attached hydrogen (secondary N) is 1. The highest BCUT2D eigenvalue weighted by molar-refractivity contribution is 6.30. The quantitative estimate of drug-likeness (QED) is 0.554. The van der Waals surface area contributed by atoms with Crippen molar-refractivity contribution in [2.24, 2.45) is 0 Å². The lowest BCUT2D eigenvalue weighted by Crippen LogP contribution is -2.25. The maximum Gasteiger partial charge on any atom is 0.259 e. The summed E-state index contributed by atoms with van der Waals surface area (Å²) in [6.45, 7) is -0.0182. The second-order valence-corrected chi connectivity index (χ2v) is 6.54. The summed E-state index contributed by atoms with van der Waals surface area (Å²) in [6, 6.07) is 13.8. The van der Waals surface area contributed by atoms with E-state index in [1.165, 1.54) is 0 Å². The first-order valence-corrected chi connectivity index (χ1v) is 9.33. The molecular weight excluding hydrogens is 406 g/mol. The number of aromatic nitrogens is 2. The Bertz CT molecular complexity index is 1060. The van der Waals surface area contributed by atoms with Crippen LogP contribution in [0.15, 0.2) is 54.7 Å². The number of halogens is 1. The van der Waals surface area contributed by atoms with Gasteiger partial charge in [0.05, 0.1) is 26.1 Å². The van der Waals surface area contributed by atoms with Crippen LogP contribution in [0.25, 0.3) is 5.69 Å². The number of ether oxygens (including phenoxy) is 3. The molecule has 8 heteroatoms. The lowest BCUT2D eigenvalue weighted by atomic mass is 10.1. The molecule has 0 saturated heterocycles. The Kier molecular flexibility index (Phi) is 6.96. The topological polar surface area (TPSA) is 74.6 Å². The zero-order valence-electron chi connectivity index (χ0n) is 16.5. The SMILES string of the molecule is C#CCOC(C(=O)Nc1ccnn1-c1ccc(OC)c(OC)c1)c1ccc(Cl)cc1. The summed E-state index contributed by atoms with van der Waals surface area (Å²) in [4.78, 5) is 13.0. The molecule has 3 rings (SSSR count). The molecule has 1 amide bonds. The van der Waals surface area contributed by atoms with E-state index in [1.54, 1.807) is 73.6 Å². The van der Waals surface area contributed by atoms with E-state index in [9.17, 15) is 4.79 Å². The molecule has 1 N–H and O–H groups in total. The normalized spacial score (nSPS) is 11.4. The minimum Gasteiger partial charge on any atom is -0.493 e. The second-order valence-electron chi connectivity index (χ2n) is 6.10. The van der Waals surface area contributed by atoms with E-state index in [1.807, 2.05) is 0 Å². The summed E-state index contributed by atoms with van der Waals surface area (Å²) in [6.07, 6.45) is 5.97. The molecule has 3 aromatic rings. The zero-order chi connectivity index (χ0) is 21.5. The smallest absolute Gasteiger partial charge is 0.259 e. The molecular formula is C22H20ClN3O4. The summed E-state index contributed by atoms with van der Waals surface area (Å²) in [5.41, 5.74) is 1.31. The van der Waals surface area contributed by atoms with Gasteiger partial charge in [0.1, 0.15) is 12.4 Å². The lowest BCUT2D eigenvalue weighted by molar-refractivity contribution is -0.127. The van der Waals surface area contributed by atoms with E-state index in [4.69, 9.17) is 32.2 Å². The molecule has 30 heavy (non-hydrogen) atoms. The van der Waals surface area contributed by atoms with Crippen molar-refractivity contribution in [3.8, 4) is 29.5 Å². The van der Waals surface area contributed by atoms with Crippen molar-refractivity contribution in [1.29, 1.82) is 0 Å². The van der Waals surface area contributed by atoms with Gasteiger partial charge in [-0.3, -0.25) is 4.79 Å². The van der Waals surface area contributed by atoms with E-state index in [-0.39, 0.29) is 6.61 Å². The molecule has 1 heterocycles. The van der Waals surface area contributed by atoms with Crippen LogP contribution in [-0.4, -0.2) is 36.5 Å². The molecule has 7 nitrogen and oxygen atoms in total. The number of rotatable bonds is 8. The summed E-state index contributed by atoms with van der Waals surface area (Å²) in [5.74, 6) is 3.57. The Labute approximate surface area is 179 Å². The Morgan fingerprint density at radius 3 is 2.57 bits per heavy atom. The van der Waals surface area contributed by atoms with E-state index >= 15 is 0 Å². The van der Waals surface area contributed by atoms with E-state index < -0.39 is 12.0 Å². The third-order valence-corrected chi connectivity index (χ3v) is 4.50. The van der Waals surface area contributed by atoms with Gasteiger partial charge in [0.25, 0.3) is 5.91 Å². The van der Waals surface area contributed by atoms with Crippen molar-refractivity contribution >= 4 is 23.3 Å². The van der Waals surface area contributed by atoms with Gasteiger partial charge < -0.3 is 19.5 Å². The minimum atomic E-state index is -0.910. The fourth-order valence-electron chi connectivity index (χ4n) is 2.84. The molecule has 1 aromatic heterocycles. The van der Waals surface area contributed by atoms with Crippen LogP contribution < -0.4 is 14.8 Å². The standard InChI is InChI=1S/C22H20ClN3O4/c1-4-13-30-21(15-5-7-16(23)8-6-15)22(27)25-20-11-12-24-26(20)17-9-10-18(28-2)19(14-17)29-3/h1,5-12,14,21H,13H2,2-3H3,(H,25,27). The van der Waals surface area contributed by atoms with E-state index in [0.29, 0.717) is 33.6 Å². The summed E-state index contributed by atoms with van der Waals surface area (Å²) in [5, 5.41) is 7.69. The van der Waals surface area contributed by atoms with Crippen molar-refractivity contribution in [2.45, 2.75) is 6.10 Å². The van der Waals surface area contributed by atoms with Gasteiger partial charge in [-0.2, -0.15) is 5.10 Å². The highest BCUT2D eigenvalue weighted by Gasteiger charge is 2.23. The van der Waals surface area contributed by atoms with Gasteiger partial charge in [0.15, 0.2) is 17.6 Å². The van der Waals surface area contributed by atoms with E-state index in [0.717, 1.165) is 0 Å². The van der Waals surface area contributed by atoms with Crippen LogP contribution in [0.4, 0.5) is 5.82 Å². The second kappa shape index (κ2) is 9.83. The molecule has 154 valence electrons. The Hall–Kier alpha value is -3.47. The fraction of sp³-hybridized carbons (Fsp3) is 0.182. The number of hydrogen-bond acceptors (Lipinski definition) is 5. The molecule has 0 aliphatic carbocycles.